The number of para-hydroxylation sites is 1. The molecule has 0 heterocycles. The molecule has 0 bridgehead atoms. The number of hydrogen-bond donors (Lipinski definition) is 0. The molecule has 0 amide bonds. The lowest BCUT2D eigenvalue weighted by Gasteiger charge is -2.06. The molecule has 0 saturated heterocycles. The minimum atomic E-state index is 0.897. The standard InChI is InChI=1S/C11H12O/c1-4-6-10-8-5-7-9(2)11(10)12-3/h5-8H,1H2,2-3H3. The first-order valence-corrected chi connectivity index (χ1v) is 3.79. The Morgan fingerprint density at radius 1 is 1.50 bits per heavy atom. The molecule has 1 nitrogen and oxygen atoms in total. The molecule has 0 radical (unpaired) electrons. The topological polar surface area (TPSA) is 9.23 Å². The Bertz CT molecular complexity index is 320. The van der Waals surface area contributed by atoms with Crippen molar-refractivity contribution in [3.8, 4) is 5.75 Å². The van der Waals surface area contributed by atoms with Gasteiger partial charge in [0.1, 0.15) is 5.75 Å². The second-order valence-electron chi connectivity index (χ2n) is 2.55. The first-order chi connectivity index (χ1) is 5.79. The lowest BCUT2D eigenvalue weighted by molar-refractivity contribution is 0.411. The molecule has 0 N–H and O–H groups in total. The highest BCUT2D eigenvalue weighted by atomic mass is 16.5. The molecule has 0 aliphatic heterocycles. The predicted octanol–water partition coefficient (Wildman–Crippen LogP) is 2.80. The van der Waals surface area contributed by atoms with Gasteiger partial charge in [-0.2, -0.15) is 0 Å². The van der Waals surface area contributed by atoms with E-state index < -0.39 is 0 Å². The third-order valence-corrected chi connectivity index (χ3v) is 1.70. The summed E-state index contributed by atoms with van der Waals surface area (Å²) in [6.45, 7) is 5.54. The maximum Gasteiger partial charge on any atom is 0.129 e. The van der Waals surface area contributed by atoms with Gasteiger partial charge in [-0.25, -0.2) is 0 Å². The molecule has 12 heavy (non-hydrogen) atoms. The van der Waals surface area contributed by atoms with Crippen molar-refractivity contribution in [3.63, 3.8) is 0 Å². The molecule has 0 atom stereocenters. The average molecular weight is 160 g/mol. The largest absolute Gasteiger partial charge is 0.496 e. The fourth-order valence-electron chi connectivity index (χ4n) is 1.18. The van der Waals surface area contributed by atoms with Crippen LogP contribution in [0.2, 0.25) is 0 Å². The van der Waals surface area contributed by atoms with Gasteiger partial charge >= 0.3 is 0 Å². The van der Waals surface area contributed by atoms with Gasteiger partial charge in [-0.15, -0.1) is 5.73 Å². The van der Waals surface area contributed by atoms with E-state index in [1.54, 1.807) is 7.11 Å². The lowest BCUT2D eigenvalue weighted by atomic mass is 10.1. The van der Waals surface area contributed by atoms with Gasteiger partial charge in [0.15, 0.2) is 0 Å². The van der Waals surface area contributed by atoms with Crippen molar-refractivity contribution >= 4 is 6.08 Å². The summed E-state index contributed by atoms with van der Waals surface area (Å²) in [6.07, 6.45) is 1.81. The van der Waals surface area contributed by atoms with Crippen LogP contribution in [0.3, 0.4) is 0 Å². The Morgan fingerprint density at radius 2 is 2.25 bits per heavy atom. The fraction of sp³-hybridized carbons (Fsp3) is 0.182. The first kappa shape index (κ1) is 8.63. The van der Waals surface area contributed by atoms with Crippen LogP contribution in [0.15, 0.2) is 30.5 Å². The van der Waals surface area contributed by atoms with Crippen molar-refractivity contribution < 1.29 is 4.74 Å². The van der Waals surface area contributed by atoms with Crippen molar-refractivity contribution in [1.29, 1.82) is 0 Å². The normalized spacial score (nSPS) is 8.83. The van der Waals surface area contributed by atoms with Gasteiger partial charge in [0.2, 0.25) is 0 Å². The molecule has 0 aromatic heterocycles. The Labute approximate surface area is 73.0 Å². The van der Waals surface area contributed by atoms with E-state index in [4.69, 9.17) is 4.74 Å². The third kappa shape index (κ3) is 1.58. The molecule has 0 saturated carbocycles. The highest BCUT2D eigenvalue weighted by Crippen LogP contribution is 2.23. The predicted molar refractivity (Wildman–Crippen MR) is 51.3 cm³/mol. The Kier molecular flexibility index (Phi) is 2.73. The Hall–Kier alpha value is -1.46. The van der Waals surface area contributed by atoms with Gasteiger partial charge in [0.25, 0.3) is 0 Å². The van der Waals surface area contributed by atoms with E-state index in [0.29, 0.717) is 0 Å². The summed E-state index contributed by atoms with van der Waals surface area (Å²) in [5, 5.41) is 0. The van der Waals surface area contributed by atoms with Crippen molar-refractivity contribution in [1.82, 2.24) is 0 Å². The first-order valence-electron chi connectivity index (χ1n) is 3.79. The molecular weight excluding hydrogens is 148 g/mol. The molecule has 1 aromatic rings. The number of hydrogen-bond acceptors (Lipinski definition) is 1. The summed E-state index contributed by atoms with van der Waals surface area (Å²) in [7, 11) is 1.67. The fourth-order valence-corrected chi connectivity index (χ4v) is 1.18. The number of methoxy groups -OCH3 is 1. The maximum atomic E-state index is 5.23. The van der Waals surface area contributed by atoms with E-state index in [0.717, 1.165) is 16.9 Å². The van der Waals surface area contributed by atoms with E-state index in [9.17, 15) is 0 Å². The van der Waals surface area contributed by atoms with E-state index in [2.05, 4.69) is 12.3 Å². The molecule has 0 spiro atoms. The Balaban J connectivity index is 3.26. The lowest BCUT2D eigenvalue weighted by Crippen LogP contribution is -1.89. The molecule has 0 unspecified atom stereocenters. The Morgan fingerprint density at radius 3 is 2.83 bits per heavy atom. The highest BCUT2D eigenvalue weighted by molar-refractivity contribution is 5.59. The van der Waals surface area contributed by atoms with E-state index in [1.165, 1.54) is 0 Å². The summed E-state index contributed by atoms with van der Waals surface area (Å²) >= 11 is 0. The van der Waals surface area contributed by atoms with Gasteiger partial charge < -0.3 is 4.74 Å². The summed E-state index contributed by atoms with van der Waals surface area (Å²) in [5.41, 5.74) is 4.88. The quantitative estimate of drug-likeness (QED) is 0.604. The second-order valence-corrected chi connectivity index (χ2v) is 2.55. The summed E-state index contributed by atoms with van der Waals surface area (Å²) < 4.78 is 5.23. The molecular formula is C11H12O. The SMILES string of the molecule is C=C=Cc1cccc(C)c1OC. The molecule has 0 aliphatic carbocycles. The number of benzene rings is 1. The van der Waals surface area contributed by atoms with Gasteiger partial charge in [-0.3, -0.25) is 0 Å². The van der Waals surface area contributed by atoms with E-state index in [-0.39, 0.29) is 0 Å². The highest BCUT2D eigenvalue weighted by Gasteiger charge is 2.00. The zero-order chi connectivity index (χ0) is 8.97. The van der Waals surface area contributed by atoms with Crippen molar-refractivity contribution in [3.05, 3.63) is 41.6 Å². The van der Waals surface area contributed by atoms with E-state index >= 15 is 0 Å². The summed E-state index contributed by atoms with van der Waals surface area (Å²) in [6, 6.07) is 5.98. The number of aryl methyl sites for hydroxylation is 1. The molecule has 62 valence electrons. The number of rotatable bonds is 2. The third-order valence-electron chi connectivity index (χ3n) is 1.70. The smallest absolute Gasteiger partial charge is 0.129 e. The van der Waals surface area contributed by atoms with Crippen LogP contribution in [0.1, 0.15) is 11.1 Å². The summed E-state index contributed by atoms with van der Waals surface area (Å²) in [5.74, 6) is 0.897. The van der Waals surface area contributed by atoms with Crippen molar-refractivity contribution in [2.75, 3.05) is 7.11 Å². The van der Waals surface area contributed by atoms with Crippen LogP contribution in [-0.4, -0.2) is 7.11 Å². The monoisotopic (exact) mass is 160 g/mol. The van der Waals surface area contributed by atoms with E-state index in [1.807, 2.05) is 31.2 Å². The average Bonchev–Trinajstić information content (AvgIpc) is 2.05. The van der Waals surface area contributed by atoms with Gasteiger partial charge in [-0.05, 0) is 18.6 Å². The van der Waals surface area contributed by atoms with Crippen LogP contribution >= 0.6 is 0 Å². The van der Waals surface area contributed by atoms with Crippen LogP contribution < -0.4 is 4.74 Å². The van der Waals surface area contributed by atoms with Crippen LogP contribution in [0.25, 0.3) is 6.08 Å². The van der Waals surface area contributed by atoms with Crippen molar-refractivity contribution in [2.45, 2.75) is 6.92 Å². The van der Waals surface area contributed by atoms with Crippen molar-refractivity contribution in [2.24, 2.45) is 0 Å². The molecule has 1 heteroatoms. The molecule has 1 aromatic carbocycles. The molecule has 0 fully saturated rings. The van der Waals surface area contributed by atoms with Crippen LogP contribution in [0.5, 0.6) is 5.75 Å². The minimum absolute atomic E-state index is 0.897. The van der Waals surface area contributed by atoms with Gasteiger partial charge in [0.05, 0.1) is 7.11 Å². The van der Waals surface area contributed by atoms with Gasteiger partial charge in [0, 0.05) is 5.56 Å². The minimum Gasteiger partial charge on any atom is -0.496 e. The van der Waals surface area contributed by atoms with Crippen LogP contribution in [-0.2, 0) is 0 Å². The van der Waals surface area contributed by atoms with Gasteiger partial charge in [-0.1, -0.05) is 24.8 Å². The van der Waals surface area contributed by atoms with Crippen LogP contribution in [0.4, 0.5) is 0 Å². The number of ether oxygens (including phenoxy) is 1. The molecule has 1 rings (SSSR count). The summed E-state index contributed by atoms with van der Waals surface area (Å²) in [4.78, 5) is 0. The zero-order valence-corrected chi connectivity index (χ0v) is 7.42. The van der Waals surface area contributed by atoms with Crippen LogP contribution in [0, 0.1) is 6.92 Å². The molecule has 0 aliphatic rings. The zero-order valence-electron chi connectivity index (χ0n) is 7.42. The maximum absolute atomic E-state index is 5.23. The second kappa shape index (κ2) is 3.80.